The number of benzene rings is 1. The van der Waals surface area contributed by atoms with Crippen LogP contribution in [0.4, 0.5) is 5.95 Å². The zero-order valence-electron chi connectivity index (χ0n) is 17.1. The van der Waals surface area contributed by atoms with E-state index in [2.05, 4.69) is 25.6 Å². The van der Waals surface area contributed by atoms with E-state index >= 15 is 0 Å². The molecule has 1 amide bonds. The second-order valence-electron chi connectivity index (χ2n) is 7.39. The fourth-order valence-corrected chi connectivity index (χ4v) is 3.58. The number of rotatable bonds is 7. The molecule has 1 aliphatic rings. The van der Waals surface area contributed by atoms with Gasteiger partial charge < -0.3 is 21.1 Å². The van der Waals surface area contributed by atoms with Gasteiger partial charge in [-0.05, 0) is 31.0 Å². The van der Waals surface area contributed by atoms with Gasteiger partial charge in [0, 0.05) is 36.1 Å². The first-order valence-corrected chi connectivity index (χ1v) is 10.4. The summed E-state index contributed by atoms with van der Waals surface area (Å²) in [5.74, 6) is 0.829. The molecule has 2 atom stereocenters. The number of carbonyl (C=O) groups excluding carboxylic acids is 1. The number of nitrogens with two attached hydrogens (primary N) is 1. The predicted octanol–water partition coefficient (Wildman–Crippen LogP) is 2.25. The number of halogens is 1. The van der Waals surface area contributed by atoms with Gasteiger partial charge in [0.25, 0.3) is 5.91 Å². The van der Waals surface area contributed by atoms with Crippen LogP contribution in [0.25, 0.3) is 5.82 Å². The van der Waals surface area contributed by atoms with Crippen LogP contribution < -0.4 is 16.4 Å². The van der Waals surface area contributed by atoms with Crippen molar-refractivity contribution in [3.63, 3.8) is 0 Å². The Balaban J connectivity index is 1.50. The van der Waals surface area contributed by atoms with Crippen molar-refractivity contribution in [2.75, 3.05) is 25.1 Å². The normalized spacial score (nSPS) is 16.8. The average molecular weight is 442 g/mol. The molecular weight excluding hydrogens is 418 g/mol. The van der Waals surface area contributed by atoms with Crippen LogP contribution in [-0.4, -0.2) is 51.2 Å². The Morgan fingerprint density at radius 3 is 3.03 bits per heavy atom. The van der Waals surface area contributed by atoms with E-state index in [0.717, 1.165) is 24.2 Å². The Labute approximate surface area is 185 Å². The van der Waals surface area contributed by atoms with Crippen LogP contribution in [0.15, 0.2) is 43.0 Å². The summed E-state index contributed by atoms with van der Waals surface area (Å²) in [6.45, 7) is 3.51. The number of aromatic nitrogens is 4. The number of imidazole rings is 1. The van der Waals surface area contributed by atoms with Crippen LogP contribution in [0.3, 0.4) is 0 Å². The van der Waals surface area contributed by atoms with E-state index in [4.69, 9.17) is 22.1 Å². The van der Waals surface area contributed by atoms with Crippen LogP contribution in [0.5, 0.6) is 0 Å². The topological polar surface area (TPSA) is 120 Å². The lowest BCUT2D eigenvalue weighted by atomic mass is 10.1. The third-order valence-electron chi connectivity index (χ3n) is 5.06. The standard InChI is InChI=1S/C21H24ClN7O2/c1-13-9-24-21(26-16-5-6-31-11-16)28-19(13)29-10-18(25-12-29)20(30)27-17(8-23)14-3-2-4-15(22)7-14/h2-4,7,9-10,12,16-17H,5-6,8,11,23H2,1H3,(H,27,30)(H,24,26,28). The number of nitrogens with zero attached hydrogens (tertiary/aromatic N) is 4. The summed E-state index contributed by atoms with van der Waals surface area (Å²) >= 11 is 6.06. The summed E-state index contributed by atoms with van der Waals surface area (Å²) in [5.41, 5.74) is 7.82. The van der Waals surface area contributed by atoms with Crippen molar-refractivity contribution < 1.29 is 9.53 Å². The molecule has 31 heavy (non-hydrogen) atoms. The molecule has 10 heteroatoms. The second-order valence-corrected chi connectivity index (χ2v) is 7.82. The van der Waals surface area contributed by atoms with Crippen LogP contribution in [0.1, 0.15) is 34.1 Å². The van der Waals surface area contributed by atoms with Crippen molar-refractivity contribution in [2.45, 2.75) is 25.4 Å². The van der Waals surface area contributed by atoms with Gasteiger partial charge in [0.2, 0.25) is 5.95 Å². The highest BCUT2D eigenvalue weighted by atomic mass is 35.5. The number of ether oxygens (including phenoxy) is 1. The predicted molar refractivity (Wildman–Crippen MR) is 117 cm³/mol. The maximum Gasteiger partial charge on any atom is 0.272 e. The van der Waals surface area contributed by atoms with Crippen molar-refractivity contribution in [3.8, 4) is 5.82 Å². The van der Waals surface area contributed by atoms with Gasteiger partial charge in [-0.15, -0.1) is 0 Å². The molecule has 1 aliphatic heterocycles. The summed E-state index contributed by atoms with van der Waals surface area (Å²) in [4.78, 5) is 26.0. The van der Waals surface area contributed by atoms with Crippen LogP contribution in [-0.2, 0) is 4.74 Å². The van der Waals surface area contributed by atoms with Gasteiger partial charge in [0.1, 0.15) is 17.8 Å². The molecule has 1 aromatic carbocycles. The Hall–Kier alpha value is -3.01. The molecule has 3 heterocycles. The quantitative estimate of drug-likeness (QED) is 0.514. The van der Waals surface area contributed by atoms with E-state index in [1.165, 1.54) is 0 Å². The Bertz CT molecular complexity index is 1070. The van der Waals surface area contributed by atoms with Crippen LogP contribution in [0.2, 0.25) is 5.02 Å². The van der Waals surface area contributed by atoms with Gasteiger partial charge in [-0.2, -0.15) is 4.98 Å². The van der Waals surface area contributed by atoms with Gasteiger partial charge in [0.15, 0.2) is 0 Å². The molecule has 1 fully saturated rings. The fourth-order valence-electron chi connectivity index (χ4n) is 3.38. The zero-order chi connectivity index (χ0) is 21.8. The Morgan fingerprint density at radius 1 is 1.42 bits per heavy atom. The van der Waals surface area contributed by atoms with E-state index in [0.29, 0.717) is 23.4 Å². The lowest BCUT2D eigenvalue weighted by Gasteiger charge is -2.16. The molecule has 1 saturated heterocycles. The van der Waals surface area contributed by atoms with Crippen molar-refractivity contribution in [3.05, 3.63) is 64.8 Å². The number of anilines is 1. The monoisotopic (exact) mass is 441 g/mol. The molecule has 162 valence electrons. The van der Waals surface area contributed by atoms with E-state index in [-0.39, 0.29) is 30.2 Å². The SMILES string of the molecule is Cc1cnc(NC2CCOC2)nc1-n1cnc(C(=O)NC(CN)c2cccc(Cl)c2)c1. The summed E-state index contributed by atoms with van der Waals surface area (Å²) in [7, 11) is 0. The molecule has 0 spiro atoms. The third-order valence-corrected chi connectivity index (χ3v) is 5.29. The highest BCUT2D eigenvalue weighted by molar-refractivity contribution is 6.30. The van der Waals surface area contributed by atoms with E-state index in [1.807, 2.05) is 19.1 Å². The fraction of sp³-hybridized carbons (Fsp3) is 0.333. The lowest BCUT2D eigenvalue weighted by Crippen LogP contribution is -2.33. The molecular formula is C21H24ClN7O2. The molecule has 4 rings (SSSR count). The summed E-state index contributed by atoms with van der Waals surface area (Å²) < 4.78 is 7.09. The maximum absolute atomic E-state index is 12.8. The van der Waals surface area contributed by atoms with Crippen molar-refractivity contribution >= 4 is 23.5 Å². The number of amides is 1. The molecule has 0 radical (unpaired) electrons. The van der Waals surface area contributed by atoms with Gasteiger partial charge in [0.05, 0.1) is 18.7 Å². The maximum atomic E-state index is 12.8. The largest absolute Gasteiger partial charge is 0.379 e. The highest BCUT2D eigenvalue weighted by Gasteiger charge is 2.19. The van der Waals surface area contributed by atoms with Crippen molar-refractivity contribution in [2.24, 2.45) is 5.73 Å². The Kier molecular flexibility index (Phi) is 6.45. The first kappa shape index (κ1) is 21.2. The number of hydrogen-bond acceptors (Lipinski definition) is 7. The molecule has 0 aliphatic carbocycles. The second kappa shape index (κ2) is 9.42. The summed E-state index contributed by atoms with van der Waals surface area (Å²) in [5, 5.41) is 6.77. The number of aryl methyl sites for hydroxylation is 1. The summed E-state index contributed by atoms with van der Waals surface area (Å²) in [6.07, 6.45) is 5.85. The van der Waals surface area contributed by atoms with E-state index in [1.54, 1.807) is 35.4 Å². The van der Waals surface area contributed by atoms with Crippen molar-refractivity contribution in [1.29, 1.82) is 0 Å². The van der Waals surface area contributed by atoms with Gasteiger partial charge >= 0.3 is 0 Å². The van der Waals surface area contributed by atoms with Gasteiger partial charge in [-0.3, -0.25) is 9.36 Å². The molecule has 3 aromatic rings. The first-order chi connectivity index (χ1) is 15.0. The number of carbonyl (C=O) groups is 1. The third kappa shape index (κ3) is 5.01. The number of nitrogens with one attached hydrogen (secondary N) is 2. The van der Waals surface area contributed by atoms with Gasteiger partial charge in [-0.25, -0.2) is 9.97 Å². The Morgan fingerprint density at radius 2 is 2.29 bits per heavy atom. The average Bonchev–Trinajstić information content (AvgIpc) is 3.45. The lowest BCUT2D eigenvalue weighted by molar-refractivity contribution is 0.0933. The molecule has 4 N–H and O–H groups in total. The van der Waals surface area contributed by atoms with Gasteiger partial charge in [-0.1, -0.05) is 23.7 Å². The molecule has 0 bridgehead atoms. The minimum atomic E-state index is -0.374. The van der Waals surface area contributed by atoms with E-state index < -0.39 is 0 Å². The minimum Gasteiger partial charge on any atom is -0.379 e. The van der Waals surface area contributed by atoms with Crippen molar-refractivity contribution in [1.82, 2.24) is 24.8 Å². The van der Waals surface area contributed by atoms with Crippen LogP contribution in [0, 0.1) is 6.92 Å². The van der Waals surface area contributed by atoms with Crippen LogP contribution >= 0.6 is 11.6 Å². The smallest absolute Gasteiger partial charge is 0.272 e. The molecule has 0 saturated carbocycles. The molecule has 9 nitrogen and oxygen atoms in total. The summed E-state index contributed by atoms with van der Waals surface area (Å²) in [6, 6.07) is 7.07. The number of hydrogen-bond donors (Lipinski definition) is 3. The molecule has 2 aromatic heterocycles. The van der Waals surface area contributed by atoms with E-state index in [9.17, 15) is 4.79 Å². The molecule has 2 unspecified atom stereocenters. The minimum absolute atomic E-state index is 0.194. The highest BCUT2D eigenvalue weighted by Crippen LogP contribution is 2.19. The first-order valence-electron chi connectivity index (χ1n) is 10.0. The zero-order valence-corrected chi connectivity index (χ0v) is 17.8.